The van der Waals surface area contributed by atoms with Gasteiger partial charge in [0.15, 0.2) is 0 Å². The van der Waals surface area contributed by atoms with Gasteiger partial charge in [0.25, 0.3) is 0 Å². The first-order chi connectivity index (χ1) is 8.38. The van der Waals surface area contributed by atoms with Gasteiger partial charge in [-0.1, -0.05) is 12.8 Å². The first kappa shape index (κ1) is 11.4. The molecule has 2 saturated carbocycles. The van der Waals surface area contributed by atoms with Crippen molar-refractivity contribution in [2.75, 3.05) is 18.1 Å². The summed E-state index contributed by atoms with van der Waals surface area (Å²) in [6.07, 6.45) is 7.58. The molecular formula is C12H19N3OS. The molecule has 0 unspecified atom stereocenters. The molecule has 1 aromatic rings. The third-order valence-electron chi connectivity index (χ3n) is 3.73. The van der Waals surface area contributed by atoms with Crippen LogP contribution in [-0.2, 0) is 0 Å². The highest BCUT2D eigenvalue weighted by molar-refractivity contribution is 7.09. The van der Waals surface area contributed by atoms with Crippen molar-refractivity contribution >= 4 is 16.7 Å². The number of nitrogens with zero attached hydrogens (tertiary/aromatic N) is 3. The Labute approximate surface area is 106 Å². The Kier molecular flexibility index (Phi) is 3.29. The Balaban J connectivity index is 1.75. The van der Waals surface area contributed by atoms with Crippen LogP contribution in [0.2, 0.25) is 0 Å². The van der Waals surface area contributed by atoms with Crippen LogP contribution in [0, 0.1) is 0 Å². The van der Waals surface area contributed by atoms with Crippen LogP contribution in [0.3, 0.4) is 0 Å². The average molecular weight is 253 g/mol. The van der Waals surface area contributed by atoms with E-state index >= 15 is 0 Å². The summed E-state index contributed by atoms with van der Waals surface area (Å²) >= 11 is 1.51. The Morgan fingerprint density at radius 2 is 2.00 bits per heavy atom. The van der Waals surface area contributed by atoms with Crippen molar-refractivity contribution in [2.45, 2.75) is 50.5 Å². The summed E-state index contributed by atoms with van der Waals surface area (Å²) < 4.78 is 4.46. The predicted octanol–water partition coefficient (Wildman–Crippen LogP) is 2.16. The summed E-state index contributed by atoms with van der Waals surface area (Å²) in [6, 6.07) is 0.571. The second-order valence-corrected chi connectivity index (χ2v) is 5.80. The molecule has 2 aliphatic rings. The van der Waals surface area contributed by atoms with E-state index in [1.807, 2.05) is 0 Å². The van der Waals surface area contributed by atoms with E-state index in [2.05, 4.69) is 14.3 Å². The summed E-state index contributed by atoms with van der Waals surface area (Å²) in [5, 5.41) is 10.2. The Morgan fingerprint density at radius 3 is 2.65 bits per heavy atom. The molecule has 0 saturated heterocycles. The molecule has 0 spiro atoms. The summed E-state index contributed by atoms with van der Waals surface area (Å²) in [7, 11) is 0. The molecule has 0 atom stereocenters. The van der Waals surface area contributed by atoms with Crippen LogP contribution in [0.5, 0.6) is 0 Å². The fraction of sp³-hybridized carbons (Fsp3) is 0.833. The van der Waals surface area contributed by atoms with Crippen LogP contribution in [0.4, 0.5) is 5.13 Å². The van der Waals surface area contributed by atoms with E-state index in [1.165, 1.54) is 50.1 Å². The van der Waals surface area contributed by atoms with Crippen molar-refractivity contribution < 1.29 is 5.11 Å². The van der Waals surface area contributed by atoms with Crippen molar-refractivity contribution in [3.05, 3.63) is 5.82 Å². The lowest BCUT2D eigenvalue weighted by molar-refractivity contribution is 0.297. The molecular weight excluding hydrogens is 234 g/mol. The van der Waals surface area contributed by atoms with Gasteiger partial charge in [-0.2, -0.15) is 4.37 Å². The van der Waals surface area contributed by atoms with Crippen LogP contribution in [0.25, 0.3) is 0 Å². The molecule has 0 aromatic carbocycles. The van der Waals surface area contributed by atoms with Gasteiger partial charge in [0.05, 0.1) is 6.61 Å². The molecule has 94 valence electrons. The lowest BCUT2D eigenvalue weighted by Crippen LogP contribution is -2.35. The highest BCUT2D eigenvalue weighted by Gasteiger charge is 2.30. The summed E-state index contributed by atoms with van der Waals surface area (Å²) in [6.45, 7) is 0.902. The average Bonchev–Trinajstić information content (AvgIpc) is 2.88. The van der Waals surface area contributed by atoms with Crippen LogP contribution >= 0.6 is 11.5 Å². The van der Waals surface area contributed by atoms with Crippen LogP contribution in [0.15, 0.2) is 0 Å². The minimum atomic E-state index is 0.203. The van der Waals surface area contributed by atoms with E-state index in [0.717, 1.165) is 11.0 Å². The van der Waals surface area contributed by atoms with Crippen molar-refractivity contribution in [3.63, 3.8) is 0 Å². The first-order valence-corrected chi connectivity index (χ1v) is 7.37. The zero-order valence-corrected chi connectivity index (χ0v) is 10.8. The maximum absolute atomic E-state index is 9.20. The van der Waals surface area contributed by atoms with E-state index in [9.17, 15) is 5.11 Å². The number of anilines is 1. The summed E-state index contributed by atoms with van der Waals surface area (Å²) in [5.41, 5.74) is 0. The monoisotopic (exact) mass is 253 g/mol. The quantitative estimate of drug-likeness (QED) is 0.873. The van der Waals surface area contributed by atoms with Gasteiger partial charge in [-0.05, 0) is 25.7 Å². The van der Waals surface area contributed by atoms with Crippen molar-refractivity contribution in [3.8, 4) is 0 Å². The predicted molar refractivity (Wildman–Crippen MR) is 68.6 cm³/mol. The SMILES string of the molecule is OCCN(c1nc(C2CC2)ns1)C1CCCC1. The van der Waals surface area contributed by atoms with Gasteiger partial charge in [0, 0.05) is 30.0 Å². The van der Waals surface area contributed by atoms with E-state index in [4.69, 9.17) is 0 Å². The lowest BCUT2D eigenvalue weighted by Gasteiger charge is -2.27. The minimum absolute atomic E-state index is 0.203. The molecule has 3 rings (SSSR count). The second-order valence-electron chi connectivity index (χ2n) is 5.06. The molecule has 1 heterocycles. The first-order valence-electron chi connectivity index (χ1n) is 6.59. The van der Waals surface area contributed by atoms with Gasteiger partial charge in [-0.25, -0.2) is 4.98 Å². The third kappa shape index (κ3) is 2.45. The molecule has 1 aromatic heterocycles. The Morgan fingerprint density at radius 1 is 1.24 bits per heavy atom. The minimum Gasteiger partial charge on any atom is -0.395 e. The fourth-order valence-corrected chi connectivity index (χ4v) is 3.45. The largest absolute Gasteiger partial charge is 0.395 e. The number of aliphatic hydroxyl groups excluding tert-OH is 1. The number of aliphatic hydroxyl groups is 1. The van der Waals surface area contributed by atoms with Gasteiger partial charge >= 0.3 is 0 Å². The lowest BCUT2D eigenvalue weighted by atomic mass is 10.2. The van der Waals surface area contributed by atoms with E-state index in [-0.39, 0.29) is 6.61 Å². The molecule has 4 nitrogen and oxygen atoms in total. The fourth-order valence-electron chi connectivity index (χ4n) is 2.61. The van der Waals surface area contributed by atoms with Crippen molar-refractivity contribution in [1.82, 2.24) is 9.36 Å². The standard InChI is InChI=1S/C12H19N3OS/c16-8-7-15(10-3-1-2-4-10)12-13-11(14-17-12)9-5-6-9/h9-10,16H,1-8H2. The second kappa shape index (κ2) is 4.90. The maximum atomic E-state index is 9.20. The van der Waals surface area contributed by atoms with Crippen LogP contribution < -0.4 is 4.90 Å². The zero-order chi connectivity index (χ0) is 11.7. The molecule has 2 fully saturated rings. The smallest absolute Gasteiger partial charge is 0.205 e. The van der Waals surface area contributed by atoms with E-state index in [1.54, 1.807) is 0 Å². The summed E-state index contributed by atoms with van der Waals surface area (Å²) in [4.78, 5) is 6.93. The highest BCUT2D eigenvalue weighted by atomic mass is 32.1. The normalized spacial score (nSPS) is 21.0. The maximum Gasteiger partial charge on any atom is 0.205 e. The molecule has 0 amide bonds. The Bertz CT molecular complexity index is 372. The van der Waals surface area contributed by atoms with Crippen molar-refractivity contribution in [1.29, 1.82) is 0 Å². The van der Waals surface area contributed by atoms with Crippen LogP contribution in [0.1, 0.15) is 50.3 Å². The number of hydrogen-bond donors (Lipinski definition) is 1. The van der Waals surface area contributed by atoms with Gasteiger partial charge in [0.1, 0.15) is 5.82 Å². The molecule has 0 aliphatic heterocycles. The molecule has 2 aliphatic carbocycles. The van der Waals surface area contributed by atoms with Gasteiger partial charge < -0.3 is 10.0 Å². The highest BCUT2D eigenvalue weighted by Crippen LogP contribution is 2.40. The van der Waals surface area contributed by atoms with E-state index < -0.39 is 0 Å². The topological polar surface area (TPSA) is 49.2 Å². The molecule has 1 N–H and O–H groups in total. The number of hydrogen-bond acceptors (Lipinski definition) is 5. The zero-order valence-electron chi connectivity index (χ0n) is 10.0. The number of aromatic nitrogens is 2. The third-order valence-corrected chi connectivity index (χ3v) is 4.49. The molecule has 0 radical (unpaired) electrons. The molecule has 0 bridgehead atoms. The van der Waals surface area contributed by atoms with Crippen molar-refractivity contribution in [2.24, 2.45) is 0 Å². The van der Waals surface area contributed by atoms with Crippen LogP contribution in [-0.4, -0.2) is 33.7 Å². The molecule has 5 heteroatoms. The van der Waals surface area contributed by atoms with E-state index in [0.29, 0.717) is 18.5 Å². The Hall–Kier alpha value is -0.680. The van der Waals surface area contributed by atoms with Gasteiger partial charge in [-0.3, -0.25) is 0 Å². The molecule has 17 heavy (non-hydrogen) atoms. The van der Waals surface area contributed by atoms with Gasteiger partial charge in [0.2, 0.25) is 5.13 Å². The number of rotatable bonds is 5. The summed E-state index contributed by atoms with van der Waals surface area (Å²) in [5.74, 6) is 1.66. The van der Waals surface area contributed by atoms with Gasteiger partial charge in [-0.15, -0.1) is 0 Å².